The highest BCUT2D eigenvalue weighted by atomic mass is 127. The van der Waals surface area contributed by atoms with Crippen LogP contribution in [0.4, 0.5) is 22.0 Å². The van der Waals surface area contributed by atoms with E-state index in [2.05, 4.69) is 0 Å². The summed E-state index contributed by atoms with van der Waals surface area (Å²) in [6.07, 6.45) is -5.13. The van der Waals surface area contributed by atoms with Crippen molar-refractivity contribution in [2.45, 2.75) is 31.4 Å². The fourth-order valence-electron chi connectivity index (χ4n) is 2.36. The molecule has 0 radical (unpaired) electrons. The van der Waals surface area contributed by atoms with E-state index in [-0.39, 0.29) is 29.0 Å². The number of carbonyl (C=O) groups excluding carboxylic acids is 2. The molecule has 0 aliphatic carbocycles. The summed E-state index contributed by atoms with van der Waals surface area (Å²) in [6, 6.07) is 6.36. The number of hydrogen-bond donors (Lipinski definition) is 0. The van der Waals surface area contributed by atoms with E-state index in [1.54, 1.807) is 24.3 Å². The molecule has 9 heteroatoms. The largest absolute Gasteiger partial charge is 0.457 e. The summed E-state index contributed by atoms with van der Waals surface area (Å²) in [5.74, 6) is -5.71. The van der Waals surface area contributed by atoms with Crippen molar-refractivity contribution in [2.24, 2.45) is 0 Å². The standard InChI is InChI=1S/C16H13F5INO2/c17-15(18,16(19,20)21)9-10(22)5-3-4-8-23-13(24)11-6-1-2-7-12(11)14(23)25/h1-2,6-7,9H,3-5,8H2. The van der Waals surface area contributed by atoms with Crippen molar-refractivity contribution in [3.63, 3.8) is 0 Å². The van der Waals surface area contributed by atoms with Crippen LogP contribution >= 0.6 is 22.6 Å². The molecule has 0 bridgehead atoms. The molecule has 0 unspecified atom stereocenters. The second kappa shape index (κ2) is 7.38. The number of rotatable bonds is 6. The Morgan fingerprint density at radius 1 is 1.00 bits per heavy atom. The average molecular weight is 473 g/mol. The van der Waals surface area contributed by atoms with Gasteiger partial charge < -0.3 is 0 Å². The number of imide groups is 1. The highest BCUT2D eigenvalue weighted by molar-refractivity contribution is 14.1. The highest BCUT2D eigenvalue weighted by Gasteiger charge is 2.55. The van der Waals surface area contributed by atoms with Gasteiger partial charge in [-0.3, -0.25) is 14.5 Å². The Balaban J connectivity index is 1.87. The average Bonchev–Trinajstić information content (AvgIpc) is 2.75. The molecular weight excluding hydrogens is 460 g/mol. The van der Waals surface area contributed by atoms with E-state index in [0.29, 0.717) is 17.5 Å². The van der Waals surface area contributed by atoms with Gasteiger partial charge in [0.25, 0.3) is 11.8 Å². The van der Waals surface area contributed by atoms with Crippen molar-refractivity contribution in [3.05, 3.63) is 45.0 Å². The van der Waals surface area contributed by atoms with Crippen molar-refractivity contribution in [1.82, 2.24) is 4.90 Å². The third kappa shape index (κ3) is 4.36. The van der Waals surface area contributed by atoms with E-state index in [9.17, 15) is 31.5 Å². The van der Waals surface area contributed by atoms with Crippen LogP contribution in [0.2, 0.25) is 0 Å². The zero-order valence-electron chi connectivity index (χ0n) is 12.7. The highest BCUT2D eigenvalue weighted by Crippen LogP contribution is 2.38. The zero-order valence-corrected chi connectivity index (χ0v) is 14.9. The summed E-state index contributed by atoms with van der Waals surface area (Å²) < 4.78 is 62.0. The Labute approximate surface area is 154 Å². The number of amides is 2. The molecule has 0 N–H and O–H groups in total. The van der Waals surface area contributed by atoms with E-state index < -0.39 is 23.9 Å². The molecule has 0 fully saturated rings. The van der Waals surface area contributed by atoms with Gasteiger partial charge in [0.05, 0.1) is 11.1 Å². The molecule has 2 amide bonds. The van der Waals surface area contributed by atoms with Gasteiger partial charge in [-0.25, -0.2) is 0 Å². The third-order valence-electron chi connectivity index (χ3n) is 3.64. The molecule has 2 rings (SSSR count). The minimum absolute atomic E-state index is 0.00932. The van der Waals surface area contributed by atoms with Crippen LogP contribution in [0.25, 0.3) is 0 Å². The SMILES string of the molecule is O=C1c2ccccc2C(=O)N1CCCCC(I)=CC(F)(F)C(F)(F)F. The van der Waals surface area contributed by atoms with E-state index in [4.69, 9.17) is 0 Å². The van der Waals surface area contributed by atoms with Gasteiger partial charge >= 0.3 is 12.1 Å². The van der Waals surface area contributed by atoms with Crippen molar-refractivity contribution >= 4 is 34.4 Å². The van der Waals surface area contributed by atoms with Gasteiger partial charge in [0.1, 0.15) is 0 Å². The van der Waals surface area contributed by atoms with E-state index >= 15 is 0 Å². The number of hydrogen-bond acceptors (Lipinski definition) is 2. The Morgan fingerprint density at radius 2 is 1.52 bits per heavy atom. The first-order valence-corrected chi connectivity index (χ1v) is 8.39. The molecule has 1 aromatic rings. The van der Waals surface area contributed by atoms with Gasteiger partial charge in [0.2, 0.25) is 0 Å². The maximum atomic E-state index is 12.9. The maximum Gasteiger partial charge on any atom is 0.457 e. The van der Waals surface area contributed by atoms with Crippen molar-refractivity contribution < 1.29 is 31.5 Å². The minimum Gasteiger partial charge on any atom is -0.274 e. The predicted octanol–water partition coefficient (Wildman–Crippen LogP) is 4.97. The lowest BCUT2D eigenvalue weighted by Crippen LogP contribution is -2.34. The number of benzene rings is 1. The second-order valence-corrected chi connectivity index (χ2v) is 6.86. The van der Waals surface area contributed by atoms with Crippen LogP contribution in [-0.2, 0) is 0 Å². The molecule has 1 aliphatic rings. The lowest BCUT2D eigenvalue weighted by Gasteiger charge is -2.16. The zero-order chi connectivity index (χ0) is 18.8. The molecule has 0 saturated heterocycles. The predicted molar refractivity (Wildman–Crippen MR) is 88.8 cm³/mol. The van der Waals surface area contributed by atoms with Crippen molar-refractivity contribution in [1.29, 1.82) is 0 Å². The van der Waals surface area contributed by atoms with Gasteiger partial charge in [-0.2, -0.15) is 22.0 Å². The Kier molecular flexibility index (Phi) is 5.85. The second-order valence-electron chi connectivity index (χ2n) is 5.48. The molecule has 0 aromatic heterocycles. The normalized spacial score (nSPS) is 15.8. The maximum absolute atomic E-state index is 12.9. The number of halogens is 6. The summed E-state index contributed by atoms with van der Waals surface area (Å²) in [4.78, 5) is 25.3. The fraction of sp³-hybridized carbons (Fsp3) is 0.375. The number of carbonyl (C=O) groups is 2. The van der Waals surface area contributed by atoms with Gasteiger partial charge in [-0.15, -0.1) is 0 Å². The molecule has 25 heavy (non-hydrogen) atoms. The molecule has 0 saturated carbocycles. The molecular formula is C16H13F5INO2. The number of unbranched alkanes of at least 4 members (excludes halogenated alkanes) is 1. The molecule has 3 nitrogen and oxygen atoms in total. The first kappa shape index (κ1) is 19.8. The van der Waals surface area contributed by atoms with E-state index in [1.807, 2.05) is 0 Å². The van der Waals surface area contributed by atoms with Crippen LogP contribution in [0, 0.1) is 0 Å². The van der Waals surface area contributed by atoms with Crippen LogP contribution < -0.4 is 0 Å². The first-order chi connectivity index (χ1) is 11.5. The molecule has 1 heterocycles. The molecule has 136 valence electrons. The summed E-state index contributed by atoms with van der Waals surface area (Å²) in [5, 5.41) is 0. The first-order valence-electron chi connectivity index (χ1n) is 7.31. The Hall–Kier alpha value is -1.52. The monoisotopic (exact) mass is 473 g/mol. The van der Waals surface area contributed by atoms with Crippen LogP contribution in [0.5, 0.6) is 0 Å². The smallest absolute Gasteiger partial charge is 0.274 e. The van der Waals surface area contributed by atoms with Gasteiger partial charge in [-0.1, -0.05) is 12.1 Å². The van der Waals surface area contributed by atoms with Gasteiger partial charge in [0.15, 0.2) is 0 Å². The number of nitrogens with zero attached hydrogens (tertiary/aromatic N) is 1. The topological polar surface area (TPSA) is 37.4 Å². The summed E-state index contributed by atoms with van der Waals surface area (Å²) in [7, 11) is 0. The number of alkyl halides is 5. The quantitative estimate of drug-likeness (QED) is 0.253. The number of fused-ring (bicyclic) bond motifs is 1. The molecule has 1 aromatic carbocycles. The van der Waals surface area contributed by atoms with E-state index in [1.165, 1.54) is 22.6 Å². The lowest BCUT2D eigenvalue weighted by molar-refractivity contribution is -0.259. The Bertz CT molecular complexity index is 680. The van der Waals surface area contributed by atoms with Gasteiger partial charge in [0, 0.05) is 12.6 Å². The molecule has 1 aliphatic heterocycles. The lowest BCUT2D eigenvalue weighted by atomic mass is 10.1. The van der Waals surface area contributed by atoms with Crippen molar-refractivity contribution in [3.8, 4) is 0 Å². The van der Waals surface area contributed by atoms with Gasteiger partial charge in [-0.05, 0) is 57.6 Å². The van der Waals surface area contributed by atoms with Crippen LogP contribution in [-0.4, -0.2) is 35.4 Å². The molecule has 0 atom stereocenters. The minimum atomic E-state index is -5.62. The van der Waals surface area contributed by atoms with Crippen LogP contribution in [0.3, 0.4) is 0 Å². The molecule has 0 spiro atoms. The fourth-order valence-corrected chi connectivity index (χ4v) is 3.13. The third-order valence-corrected chi connectivity index (χ3v) is 4.49. The Morgan fingerprint density at radius 3 is 2.00 bits per heavy atom. The van der Waals surface area contributed by atoms with Crippen LogP contribution in [0.15, 0.2) is 33.9 Å². The van der Waals surface area contributed by atoms with Crippen molar-refractivity contribution in [2.75, 3.05) is 6.54 Å². The number of allylic oxidation sites excluding steroid dienone is 2. The summed E-state index contributed by atoms with van der Waals surface area (Å²) >= 11 is 1.44. The van der Waals surface area contributed by atoms with E-state index in [0.717, 1.165) is 4.90 Å². The summed E-state index contributed by atoms with van der Waals surface area (Å²) in [5.41, 5.74) is 0.624. The summed E-state index contributed by atoms with van der Waals surface area (Å²) in [6.45, 7) is 0.0892. The van der Waals surface area contributed by atoms with Crippen LogP contribution in [0.1, 0.15) is 40.0 Å².